The summed E-state index contributed by atoms with van der Waals surface area (Å²) >= 11 is 0. The minimum atomic E-state index is 0.126. The molecule has 0 heterocycles. The molecule has 0 amide bonds. The Morgan fingerprint density at radius 1 is 1.14 bits per heavy atom. The summed E-state index contributed by atoms with van der Waals surface area (Å²) < 4.78 is 21.0. The van der Waals surface area contributed by atoms with Crippen molar-refractivity contribution in [2.45, 2.75) is 33.1 Å². The van der Waals surface area contributed by atoms with Gasteiger partial charge in [-0.15, -0.1) is 0 Å². The molecule has 0 saturated heterocycles. The molecular formula is C18H28O4. The average molecular weight is 308 g/mol. The van der Waals surface area contributed by atoms with E-state index in [-0.39, 0.29) is 5.41 Å². The van der Waals surface area contributed by atoms with E-state index in [9.17, 15) is 0 Å². The molecule has 1 fully saturated rings. The Kier molecular flexibility index (Phi) is 6.38. The van der Waals surface area contributed by atoms with Crippen molar-refractivity contribution in [1.29, 1.82) is 0 Å². The van der Waals surface area contributed by atoms with E-state index in [0.29, 0.717) is 26.8 Å². The van der Waals surface area contributed by atoms with Gasteiger partial charge in [-0.2, -0.15) is 0 Å². The van der Waals surface area contributed by atoms with Crippen LogP contribution >= 0.6 is 0 Å². The van der Waals surface area contributed by atoms with Crippen LogP contribution in [-0.4, -0.2) is 41.0 Å². The van der Waals surface area contributed by atoms with E-state index in [1.807, 2.05) is 0 Å². The molecule has 0 bridgehead atoms. The predicted octanol–water partition coefficient (Wildman–Crippen LogP) is 3.60. The van der Waals surface area contributed by atoms with Gasteiger partial charge in [0.15, 0.2) is 0 Å². The maximum Gasteiger partial charge on any atom is 0.146 e. The Balaban J connectivity index is 2.15. The molecule has 0 aromatic carbocycles. The lowest BCUT2D eigenvalue weighted by molar-refractivity contribution is -0.0215. The third-order valence-electron chi connectivity index (χ3n) is 4.68. The summed E-state index contributed by atoms with van der Waals surface area (Å²) in [5.41, 5.74) is 5.81. The predicted molar refractivity (Wildman–Crippen MR) is 86.5 cm³/mol. The van der Waals surface area contributed by atoms with Crippen molar-refractivity contribution < 1.29 is 18.9 Å². The maximum absolute atomic E-state index is 5.56. The van der Waals surface area contributed by atoms with Crippen molar-refractivity contribution in [3.8, 4) is 0 Å². The Hall–Kier alpha value is -0.940. The van der Waals surface area contributed by atoms with Crippen LogP contribution in [-0.2, 0) is 18.9 Å². The zero-order valence-corrected chi connectivity index (χ0v) is 14.2. The second-order valence-electron chi connectivity index (χ2n) is 6.21. The summed E-state index contributed by atoms with van der Waals surface area (Å²) in [4.78, 5) is 0. The molecule has 4 heteroatoms. The van der Waals surface area contributed by atoms with Gasteiger partial charge in [-0.05, 0) is 37.3 Å². The van der Waals surface area contributed by atoms with Crippen LogP contribution in [0.5, 0.6) is 0 Å². The van der Waals surface area contributed by atoms with Gasteiger partial charge in [-0.25, -0.2) is 0 Å². The third kappa shape index (κ3) is 3.69. The lowest BCUT2D eigenvalue weighted by Gasteiger charge is -2.33. The second kappa shape index (κ2) is 8.06. The van der Waals surface area contributed by atoms with E-state index >= 15 is 0 Å². The number of methoxy groups -OCH3 is 2. The summed E-state index contributed by atoms with van der Waals surface area (Å²) in [5.74, 6) is 0. The van der Waals surface area contributed by atoms with Gasteiger partial charge in [0.25, 0.3) is 0 Å². The van der Waals surface area contributed by atoms with Crippen LogP contribution < -0.4 is 0 Å². The van der Waals surface area contributed by atoms with E-state index in [1.165, 1.54) is 22.3 Å². The molecule has 1 saturated carbocycles. The fourth-order valence-corrected chi connectivity index (χ4v) is 3.70. The zero-order chi connectivity index (χ0) is 16.0. The Morgan fingerprint density at radius 2 is 1.86 bits per heavy atom. The largest absolute Gasteiger partial charge is 0.359 e. The summed E-state index contributed by atoms with van der Waals surface area (Å²) in [6.45, 7) is 6.49. The molecule has 1 atom stereocenters. The molecule has 2 aliphatic rings. The Morgan fingerprint density at radius 3 is 2.59 bits per heavy atom. The Bertz CT molecular complexity index is 475. The van der Waals surface area contributed by atoms with E-state index < -0.39 is 0 Å². The lowest BCUT2D eigenvalue weighted by Crippen LogP contribution is -2.22. The van der Waals surface area contributed by atoms with Crippen molar-refractivity contribution >= 4 is 0 Å². The number of fused-ring (bicyclic) bond motifs is 1. The number of rotatable bonds is 8. The van der Waals surface area contributed by atoms with Gasteiger partial charge >= 0.3 is 0 Å². The van der Waals surface area contributed by atoms with E-state index in [2.05, 4.69) is 26.0 Å². The van der Waals surface area contributed by atoms with Gasteiger partial charge < -0.3 is 18.9 Å². The first-order valence-electron chi connectivity index (χ1n) is 7.85. The van der Waals surface area contributed by atoms with Crippen LogP contribution in [0.3, 0.4) is 0 Å². The quantitative estimate of drug-likeness (QED) is 0.390. The van der Waals surface area contributed by atoms with Crippen molar-refractivity contribution in [2.24, 2.45) is 5.41 Å². The molecule has 0 radical (unpaired) electrons. The van der Waals surface area contributed by atoms with Crippen LogP contribution in [0.4, 0.5) is 0 Å². The SMILES string of the molecule is COCOCC1=C2CC/C(=C(/C)COCOC)C2(C)CC=C1. The third-order valence-corrected chi connectivity index (χ3v) is 4.68. The second-order valence-corrected chi connectivity index (χ2v) is 6.21. The lowest BCUT2D eigenvalue weighted by atomic mass is 9.72. The van der Waals surface area contributed by atoms with Gasteiger partial charge in [0, 0.05) is 19.6 Å². The molecule has 2 aliphatic carbocycles. The van der Waals surface area contributed by atoms with Gasteiger partial charge in [-0.3, -0.25) is 0 Å². The van der Waals surface area contributed by atoms with Crippen molar-refractivity contribution in [3.63, 3.8) is 0 Å². The minimum Gasteiger partial charge on any atom is -0.359 e. The highest BCUT2D eigenvalue weighted by atomic mass is 16.7. The maximum atomic E-state index is 5.56. The summed E-state index contributed by atoms with van der Waals surface area (Å²) in [5, 5.41) is 0. The minimum absolute atomic E-state index is 0.126. The number of ether oxygens (including phenoxy) is 4. The fourth-order valence-electron chi connectivity index (χ4n) is 3.70. The molecule has 2 rings (SSSR count). The van der Waals surface area contributed by atoms with Crippen LogP contribution in [0.1, 0.15) is 33.1 Å². The van der Waals surface area contributed by atoms with Crippen LogP contribution in [0.2, 0.25) is 0 Å². The molecule has 0 aromatic heterocycles. The first-order chi connectivity index (χ1) is 10.6. The van der Waals surface area contributed by atoms with Gasteiger partial charge in [0.1, 0.15) is 13.6 Å². The molecule has 0 aliphatic heterocycles. The van der Waals surface area contributed by atoms with Gasteiger partial charge in [-0.1, -0.05) is 30.2 Å². The molecule has 124 valence electrons. The standard InChI is InChI=1S/C18H28O4/c1-14(10-21-12-19-3)16-7-8-17-15(11-22-13-20-4)6-5-9-18(16,17)2/h5-6H,7-13H2,1-4H3/b16-14+. The van der Waals surface area contributed by atoms with Crippen molar-refractivity contribution in [3.05, 3.63) is 34.4 Å². The monoisotopic (exact) mass is 308 g/mol. The molecule has 1 unspecified atom stereocenters. The summed E-state index contributed by atoms with van der Waals surface area (Å²) in [6.07, 6.45) is 7.77. The van der Waals surface area contributed by atoms with E-state index in [4.69, 9.17) is 18.9 Å². The van der Waals surface area contributed by atoms with Crippen LogP contribution in [0, 0.1) is 5.41 Å². The first-order valence-corrected chi connectivity index (χ1v) is 7.85. The van der Waals surface area contributed by atoms with Crippen molar-refractivity contribution in [1.82, 2.24) is 0 Å². The number of allylic oxidation sites excluding steroid dienone is 3. The first kappa shape index (κ1) is 17.4. The van der Waals surface area contributed by atoms with E-state index in [0.717, 1.165) is 19.3 Å². The normalized spacial score (nSPS) is 26.5. The highest BCUT2D eigenvalue weighted by Crippen LogP contribution is 2.53. The van der Waals surface area contributed by atoms with Crippen LogP contribution in [0.15, 0.2) is 34.4 Å². The highest BCUT2D eigenvalue weighted by Gasteiger charge is 2.40. The topological polar surface area (TPSA) is 36.9 Å². The fraction of sp³-hybridized carbons (Fsp3) is 0.667. The smallest absolute Gasteiger partial charge is 0.146 e. The average Bonchev–Trinajstić information content (AvgIpc) is 2.85. The molecular weight excluding hydrogens is 280 g/mol. The number of hydrogen-bond acceptors (Lipinski definition) is 4. The molecule has 0 N–H and O–H groups in total. The van der Waals surface area contributed by atoms with Gasteiger partial charge in [0.05, 0.1) is 13.2 Å². The Labute approximate surface area is 133 Å². The van der Waals surface area contributed by atoms with Gasteiger partial charge in [0.2, 0.25) is 0 Å². The zero-order valence-electron chi connectivity index (χ0n) is 14.2. The van der Waals surface area contributed by atoms with Crippen LogP contribution in [0.25, 0.3) is 0 Å². The van der Waals surface area contributed by atoms with Crippen molar-refractivity contribution in [2.75, 3.05) is 41.0 Å². The molecule has 0 spiro atoms. The molecule has 0 aromatic rings. The van der Waals surface area contributed by atoms with E-state index in [1.54, 1.807) is 14.2 Å². The highest BCUT2D eigenvalue weighted by molar-refractivity contribution is 5.47. The number of hydrogen-bond donors (Lipinski definition) is 0. The molecule has 22 heavy (non-hydrogen) atoms. The summed E-state index contributed by atoms with van der Waals surface area (Å²) in [6, 6.07) is 0. The molecule has 4 nitrogen and oxygen atoms in total. The summed E-state index contributed by atoms with van der Waals surface area (Å²) in [7, 11) is 3.30.